The second kappa shape index (κ2) is 8.18. The lowest BCUT2D eigenvalue weighted by Gasteiger charge is -2.48. The minimum absolute atomic E-state index is 0.0671. The van der Waals surface area contributed by atoms with Crippen LogP contribution in [0.3, 0.4) is 0 Å². The normalized spacial score (nSPS) is 22.4. The number of hydrogen-bond acceptors (Lipinski definition) is 6. The third kappa shape index (κ3) is 3.25. The third-order valence-electron chi connectivity index (χ3n) is 7.60. The molecule has 0 saturated heterocycles. The van der Waals surface area contributed by atoms with E-state index in [1.54, 1.807) is 10.7 Å². The molecule has 6 rings (SSSR count). The molecule has 0 radical (unpaired) electrons. The molecule has 0 amide bonds. The highest BCUT2D eigenvalue weighted by atomic mass is 32.2. The fourth-order valence-corrected chi connectivity index (χ4v) is 6.75. The molecule has 186 valence electrons. The predicted molar refractivity (Wildman–Crippen MR) is 131 cm³/mol. The summed E-state index contributed by atoms with van der Waals surface area (Å²) in [6.07, 6.45) is 1.49. The van der Waals surface area contributed by atoms with E-state index < -0.39 is 34.8 Å². The van der Waals surface area contributed by atoms with Crippen LogP contribution in [0.5, 0.6) is 5.75 Å². The Morgan fingerprint density at radius 2 is 1.86 bits per heavy atom. The second-order valence-corrected chi connectivity index (χ2v) is 10.6. The first-order chi connectivity index (χ1) is 17.2. The average molecular weight is 511 g/mol. The van der Waals surface area contributed by atoms with Crippen molar-refractivity contribution in [3.05, 3.63) is 92.9 Å². The zero-order valence-corrected chi connectivity index (χ0v) is 20.5. The van der Waals surface area contributed by atoms with Gasteiger partial charge >= 0.3 is 0 Å². The van der Waals surface area contributed by atoms with Crippen LogP contribution in [-0.2, 0) is 5.75 Å². The number of benzene rings is 2. The molecule has 2 aromatic carbocycles. The zero-order valence-electron chi connectivity index (χ0n) is 19.7. The molecule has 1 spiro atoms. The molecule has 3 aromatic rings. The molecule has 1 N–H and O–H groups in total. The van der Waals surface area contributed by atoms with Gasteiger partial charge in [-0.15, -0.1) is 11.8 Å². The van der Waals surface area contributed by atoms with Crippen LogP contribution in [0.15, 0.2) is 58.4 Å². The standard InChI is InChI=1S/C27H24F2N2O4S/c1-14-27(10-11-27)26(34)24-25(35-15(2)32)20(33)9-12-30(24)31(14)23-16-7-8-19(28)22(29)18(16)13-36-21-6-4-3-5-17(21)23/h3-9,12,14-15,23,32H,10-11,13H2,1-2H3. The van der Waals surface area contributed by atoms with E-state index >= 15 is 4.39 Å². The fraction of sp³-hybridized carbons (Fsp3) is 0.333. The molecule has 0 bridgehead atoms. The van der Waals surface area contributed by atoms with Gasteiger partial charge in [-0.1, -0.05) is 24.3 Å². The van der Waals surface area contributed by atoms with E-state index in [4.69, 9.17) is 4.74 Å². The predicted octanol–water partition coefficient (Wildman–Crippen LogP) is 4.54. The SMILES string of the molecule is CC(O)Oc1c2n(ccc1=O)N(C1c3ccccc3SCc3c1ccc(F)c3F)C(C)C1(CC1)C2=O. The van der Waals surface area contributed by atoms with Crippen molar-refractivity contribution in [1.82, 2.24) is 4.68 Å². The second-order valence-electron chi connectivity index (χ2n) is 9.62. The van der Waals surface area contributed by atoms with E-state index in [-0.39, 0.29) is 34.6 Å². The van der Waals surface area contributed by atoms with Gasteiger partial charge in [0.1, 0.15) is 0 Å². The van der Waals surface area contributed by atoms with Crippen molar-refractivity contribution in [3.8, 4) is 5.75 Å². The Morgan fingerprint density at radius 1 is 1.11 bits per heavy atom. The number of ketones is 1. The van der Waals surface area contributed by atoms with Crippen LogP contribution in [0.2, 0.25) is 0 Å². The first-order valence-corrected chi connectivity index (χ1v) is 12.9. The van der Waals surface area contributed by atoms with Gasteiger partial charge < -0.3 is 9.84 Å². The monoisotopic (exact) mass is 510 g/mol. The number of Topliss-reactive ketones (excluding diaryl/α,β-unsaturated/α-hetero) is 1. The van der Waals surface area contributed by atoms with Crippen molar-refractivity contribution in [3.63, 3.8) is 0 Å². The summed E-state index contributed by atoms with van der Waals surface area (Å²) in [6, 6.07) is 10.9. The van der Waals surface area contributed by atoms with Gasteiger partial charge in [0.15, 0.2) is 35.2 Å². The molecular formula is C27H24F2N2O4S. The minimum atomic E-state index is -1.30. The molecular weight excluding hydrogens is 486 g/mol. The van der Waals surface area contributed by atoms with Crippen molar-refractivity contribution in [1.29, 1.82) is 0 Å². The molecule has 1 aliphatic carbocycles. The van der Waals surface area contributed by atoms with E-state index in [1.807, 2.05) is 36.2 Å². The summed E-state index contributed by atoms with van der Waals surface area (Å²) in [7, 11) is 0. The van der Waals surface area contributed by atoms with E-state index in [2.05, 4.69) is 0 Å². The van der Waals surface area contributed by atoms with E-state index in [1.165, 1.54) is 30.9 Å². The van der Waals surface area contributed by atoms with Crippen LogP contribution >= 0.6 is 11.8 Å². The van der Waals surface area contributed by atoms with E-state index in [0.717, 1.165) is 16.5 Å². The fourth-order valence-electron chi connectivity index (χ4n) is 5.64. The van der Waals surface area contributed by atoms with Crippen LogP contribution < -0.4 is 15.2 Å². The molecule has 3 unspecified atom stereocenters. The number of pyridine rings is 1. The first kappa shape index (κ1) is 23.2. The van der Waals surface area contributed by atoms with Crippen LogP contribution in [-0.4, -0.2) is 27.9 Å². The Balaban J connectivity index is 1.66. The van der Waals surface area contributed by atoms with Gasteiger partial charge in [-0.3, -0.25) is 19.3 Å². The number of carbonyl (C=O) groups is 1. The molecule has 1 fully saturated rings. The number of aromatic nitrogens is 1. The summed E-state index contributed by atoms with van der Waals surface area (Å²) in [4.78, 5) is 27.5. The van der Waals surface area contributed by atoms with Crippen molar-refractivity contribution < 1.29 is 23.4 Å². The summed E-state index contributed by atoms with van der Waals surface area (Å²) in [5, 5.41) is 11.9. The Morgan fingerprint density at radius 3 is 2.58 bits per heavy atom. The van der Waals surface area contributed by atoms with Crippen molar-refractivity contribution in [2.75, 3.05) is 5.01 Å². The minimum Gasteiger partial charge on any atom is -0.459 e. The molecule has 6 nitrogen and oxygen atoms in total. The Labute approximate surface area is 210 Å². The largest absolute Gasteiger partial charge is 0.459 e. The van der Waals surface area contributed by atoms with E-state index in [9.17, 15) is 19.1 Å². The molecule has 9 heteroatoms. The number of aliphatic hydroxyl groups is 1. The summed E-state index contributed by atoms with van der Waals surface area (Å²) in [6.45, 7) is 3.33. The maximum atomic E-state index is 15.2. The Kier molecular flexibility index (Phi) is 5.28. The summed E-state index contributed by atoms with van der Waals surface area (Å²) < 4.78 is 36.6. The molecule has 36 heavy (non-hydrogen) atoms. The van der Waals surface area contributed by atoms with Crippen LogP contribution in [0.1, 0.15) is 59.9 Å². The lowest BCUT2D eigenvalue weighted by Crippen LogP contribution is -2.57. The summed E-state index contributed by atoms with van der Waals surface area (Å²) >= 11 is 1.44. The maximum Gasteiger partial charge on any atom is 0.224 e. The molecule has 3 atom stereocenters. The van der Waals surface area contributed by atoms with Gasteiger partial charge in [-0.2, -0.15) is 0 Å². The van der Waals surface area contributed by atoms with Gasteiger partial charge in [0.05, 0.1) is 17.5 Å². The number of ether oxygens (including phenoxy) is 1. The zero-order chi connectivity index (χ0) is 25.4. The number of aliphatic hydroxyl groups excluding tert-OH is 1. The van der Waals surface area contributed by atoms with Gasteiger partial charge in [-0.25, -0.2) is 8.78 Å². The lowest BCUT2D eigenvalue weighted by atomic mass is 9.84. The van der Waals surface area contributed by atoms with Crippen molar-refractivity contribution >= 4 is 17.5 Å². The van der Waals surface area contributed by atoms with Gasteiger partial charge in [0.2, 0.25) is 5.43 Å². The highest BCUT2D eigenvalue weighted by Crippen LogP contribution is 2.57. The number of carbonyl (C=O) groups excluding carboxylic acids is 1. The Bertz CT molecular complexity index is 1470. The lowest BCUT2D eigenvalue weighted by molar-refractivity contribution is -0.00276. The smallest absolute Gasteiger partial charge is 0.224 e. The van der Waals surface area contributed by atoms with Gasteiger partial charge in [0.25, 0.3) is 0 Å². The number of fused-ring (bicyclic) bond motifs is 3. The first-order valence-electron chi connectivity index (χ1n) is 11.9. The maximum absolute atomic E-state index is 15.2. The van der Waals surface area contributed by atoms with Crippen LogP contribution in [0.25, 0.3) is 0 Å². The highest BCUT2D eigenvalue weighted by Gasteiger charge is 2.61. The molecule has 1 aromatic heterocycles. The molecule has 3 aliphatic rings. The number of rotatable bonds is 3. The number of hydrogen-bond donors (Lipinski definition) is 1. The highest BCUT2D eigenvalue weighted by molar-refractivity contribution is 7.98. The van der Waals surface area contributed by atoms with Crippen molar-refractivity contribution in [2.24, 2.45) is 5.41 Å². The van der Waals surface area contributed by atoms with Gasteiger partial charge in [0, 0.05) is 28.5 Å². The number of halogens is 2. The number of nitrogens with zero attached hydrogens (tertiary/aromatic N) is 2. The Hall–Kier alpha value is -3.17. The molecule has 2 aliphatic heterocycles. The topological polar surface area (TPSA) is 71.8 Å². The molecule has 3 heterocycles. The van der Waals surface area contributed by atoms with Crippen LogP contribution in [0, 0.1) is 17.0 Å². The summed E-state index contributed by atoms with van der Waals surface area (Å²) in [5.41, 5.74) is 0.595. The number of thioether (sulfide) groups is 1. The third-order valence-corrected chi connectivity index (χ3v) is 8.72. The van der Waals surface area contributed by atoms with E-state index in [0.29, 0.717) is 18.4 Å². The molecule has 1 saturated carbocycles. The van der Waals surface area contributed by atoms with Gasteiger partial charge in [-0.05, 0) is 49.9 Å². The van der Waals surface area contributed by atoms with Crippen molar-refractivity contribution in [2.45, 2.75) is 55.7 Å². The van der Waals surface area contributed by atoms with Crippen LogP contribution in [0.4, 0.5) is 8.78 Å². The quantitative estimate of drug-likeness (QED) is 0.522. The average Bonchev–Trinajstić information content (AvgIpc) is 3.67. The summed E-state index contributed by atoms with van der Waals surface area (Å²) in [5.74, 6) is -1.94.